The predicted molar refractivity (Wildman–Crippen MR) is 43.5 cm³/mol. The molecule has 0 aliphatic carbocycles. The van der Waals surface area contributed by atoms with Crippen LogP contribution in [0.5, 0.6) is 0 Å². The molecule has 2 heteroatoms. The number of alkyl halides is 1. The zero-order valence-corrected chi connectivity index (χ0v) is 7.23. The van der Waals surface area contributed by atoms with Crippen LogP contribution >= 0.6 is 11.6 Å². The first-order valence-electron chi connectivity index (χ1n) is 4.00. The Balaban J connectivity index is 2.11. The van der Waals surface area contributed by atoms with E-state index in [0.717, 1.165) is 18.9 Å². The molecule has 10 heavy (non-hydrogen) atoms. The molecule has 0 aromatic rings. The lowest BCUT2D eigenvalue weighted by atomic mass is 10.0. The van der Waals surface area contributed by atoms with Crippen LogP contribution in [0.3, 0.4) is 0 Å². The predicted octanol–water partition coefficient (Wildman–Crippen LogP) is 2.43. The van der Waals surface area contributed by atoms with E-state index < -0.39 is 0 Å². The second kappa shape index (κ2) is 4.20. The number of ether oxygens (including phenoxy) is 1. The van der Waals surface area contributed by atoms with Crippen molar-refractivity contribution in [1.82, 2.24) is 0 Å². The molecule has 2 atom stereocenters. The Labute approximate surface area is 67.7 Å². The first-order chi connectivity index (χ1) is 4.83. The van der Waals surface area contributed by atoms with E-state index in [2.05, 4.69) is 6.92 Å². The molecule has 1 heterocycles. The van der Waals surface area contributed by atoms with Gasteiger partial charge in [-0.25, -0.2) is 0 Å². The fraction of sp³-hybridized carbons (Fsp3) is 1.00. The maximum Gasteiger partial charge on any atom is 0.0579 e. The minimum absolute atomic E-state index is 0.508. The standard InChI is InChI=1S/C8H15ClO/c1-7(6-9)5-8-3-2-4-10-8/h7-8H,2-6H2,1H3/t7?,8-/m0/s1. The van der Waals surface area contributed by atoms with Crippen LogP contribution in [-0.4, -0.2) is 18.6 Å². The van der Waals surface area contributed by atoms with E-state index in [1.807, 2.05) is 0 Å². The molecule has 1 aliphatic heterocycles. The summed E-state index contributed by atoms with van der Waals surface area (Å²) in [7, 11) is 0. The number of halogens is 1. The molecule has 0 aromatic heterocycles. The molecule has 0 N–H and O–H groups in total. The molecular formula is C8H15ClO. The lowest BCUT2D eigenvalue weighted by Crippen LogP contribution is -2.11. The maximum atomic E-state index is 5.67. The zero-order valence-electron chi connectivity index (χ0n) is 6.48. The Morgan fingerprint density at radius 2 is 2.50 bits per heavy atom. The van der Waals surface area contributed by atoms with Gasteiger partial charge in [0.25, 0.3) is 0 Å². The summed E-state index contributed by atoms with van der Waals surface area (Å²) in [6.45, 7) is 3.13. The van der Waals surface area contributed by atoms with Gasteiger partial charge in [-0.3, -0.25) is 0 Å². The van der Waals surface area contributed by atoms with Crippen LogP contribution < -0.4 is 0 Å². The second-order valence-corrected chi connectivity index (χ2v) is 3.44. The number of rotatable bonds is 3. The average molecular weight is 163 g/mol. The fourth-order valence-corrected chi connectivity index (χ4v) is 1.47. The first-order valence-corrected chi connectivity index (χ1v) is 4.54. The van der Waals surface area contributed by atoms with E-state index in [0.29, 0.717) is 12.0 Å². The van der Waals surface area contributed by atoms with Crippen molar-refractivity contribution in [1.29, 1.82) is 0 Å². The summed E-state index contributed by atoms with van der Waals surface area (Å²) in [4.78, 5) is 0. The van der Waals surface area contributed by atoms with E-state index in [9.17, 15) is 0 Å². The van der Waals surface area contributed by atoms with Gasteiger partial charge in [-0.1, -0.05) is 6.92 Å². The van der Waals surface area contributed by atoms with Gasteiger partial charge >= 0.3 is 0 Å². The normalized spacial score (nSPS) is 28.8. The minimum Gasteiger partial charge on any atom is -0.378 e. The quantitative estimate of drug-likeness (QED) is 0.580. The average Bonchev–Trinajstić information content (AvgIpc) is 2.40. The van der Waals surface area contributed by atoms with Crippen LogP contribution in [0.4, 0.5) is 0 Å². The van der Waals surface area contributed by atoms with Crippen molar-refractivity contribution in [2.24, 2.45) is 5.92 Å². The van der Waals surface area contributed by atoms with Crippen molar-refractivity contribution in [2.75, 3.05) is 12.5 Å². The third kappa shape index (κ3) is 2.47. The smallest absolute Gasteiger partial charge is 0.0579 e. The Bertz CT molecular complexity index is 89.3. The summed E-state index contributed by atoms with van der Waals surface area (Å²) in [6.07, 6.45) is 4.12. The summed E-state index contributed by atoms with van der Waals surface area (Å²) in [5.74, 6) is 1.38. The van der Waals surface area contributed by atoms with Crippen molar-refractivity contribution in [2.45, 2.75) is 32.3 Å². The van der Waals surface area contributed by atoms with E-state index in [1.54, 1.807) is 0 Å². The lowest BCUT2D eigenvalue weighted by molar-refractivity contribution is 0.0943. The number of hydrogen-bond donors (Lipinski definition) is 0. The van der Waals surface area contributed by atoms with Crippen LogP contribution in [-0.2, 0) is 4.74 Å². The monoisotopic (exact) mass is 162 g/mol. The number of hydrogen-bond acceptors (Lipinski definition) is 1. The Kier molecular flexibility index (Phi) is 3.50. The van der Waals surface area contributed by atoms with Crippen molar-refractivity contribution >= 4 is 11.6 Å². The Morgan fingerprint density at radius 3 is 3.00 bits per heavy atom. The molecule has 0 aromatic carbocycles. The van der Waals surface area contributed by atoms with Crippen molar-refractivity contribution in [3.05, 3.63) is 0 Å². The second-order valence-electron chi connectivity index (χ2n) is 3.13. The van der Waals surface area contributed by atoms with Gasteiger partial charge in [-0.15, -0.1) is 11.6 Å². The van der Waals surface area contributed by atoms with E-state index >= 15 is 0 Å². The third-order valence-corrected chi connectivity index (χ3v) is 2.48. The molecule has 1 saturated heterocycles. The van der Waals surface area contributed by atoms with Gasteiger partial charge in [0.15, 0.2) is 0 Å². The summed E-state index contributed by atoms with van der Waals surface area (Å²) in [5.41, 5.74) is 0. The molecule has 1 unspecified atom stereocenters. The molecule has 0 spiro atoms. The van der Waals surface area contributed by atoms with E-state index in [1.165, 1.54) is 12.8 Å². The molecule has 60 valence electrons. The van der Waals surface area contributed by atoms with Crippen LogP contribution in [0, 0.1) is 5.92 Å². The summed E-state index contributed by atoms with van der Waals surface area (Å²) in [5, 5.41) is 0. The van der Waals surface area contributed by atoms with Crippen LogP contribution in [0.25, 0.3) is 0 Å². The largest absolute Gasteiger partial charge is 0.378 e. The molecule has 1 nitrogen and oxygen atoms in total. The summed E-state index contributed by atoms with van der Waals surface area (Å²) in [6, 6.07) is 0. The minimum atomic E-state index is 0.508. The molecule has 1 rings (SSSR count). The SMILES string of the molecule is CC(CCl)C[C@@H]1CCCO1. The summed E-state index contributed by atoms with van der Waals surface area (Å²) >= 11 is 5.67. The molecule has 0 radical (unpaired) electrons. The van der Waals surface area contributed by atoms with Crippen molar-refractivity contribution < 1.29 is 4.74 Å². The van der Waals surface area contributed by atoms with Crippen molar-refractivity contribution in [3.63, 3.8) is 0 Å². The van der Waals surface area contributed by atoms with Crippen LogP contribution in [0.15, 0.2) is 0 Å². The first kappa shape index (κ1) is 8.35. The van der Waals surface area contributed by atoms with Gasteiger partial charge in [0.2, 0.25) is 0 Å². The summed E-state index contributed by atoms with van der Waals surface area (Å²) < 4.78 is 5.47. The van der Waals surface area contributed by atoms with Gasteiger partial charge in [-0.2, -0.15) is 0 Å². The third-order valence-electron chi connectivity index (χ3n) is 1.95. The van der Waals surface area contributed by atoms with Crippen LogP contribution in [0.2, 0.25) is 0 Å². The molecule has 0 saturated carbocycles. The van der Waals surface area contributed by atoms with Crippen molar-refractivity contribution in [3.8, 4) is 0 Å². The highest BCUT2D eigenvalue weighted by Crippen LogP contribution is 2.19. The highest BCUT2D eigenvalue weighted by molar-refractivity contribution is 6.18. The molecule has 1 fully saturated rings. The van der Waals surface area contributed by atoms with Gasteiger partial charge in [0, 0.05) is 12.5 Å². The highest BCUT2D eigenvalue weighted by Gasteiger charge is 2.17. The lowest BCUT2D eigenvalue weighted by Gasteiger charge is -2.12. The molecular weight excluding hydrogens is 148 g/mol. The highest BCUT2D eigenvalue weighted by atomic mass is 35.5. The Morgan fingerprint density at radius 1 is 1.70 bits per heavy atom. The van der Waals surface area contributed by atoms with Gasteiger partial charge in [-0.05, 0) is 25.2 Å². The fourth-order valence-electron chi connectivity index (χ4n) is 1.34. The van der Waals surface area contributed by atoms with E-state index in [-0.39, 0.29) is 0 Å². The molecule has 1 aliphatic rings. The molecule has 0 amide bonds. The topological polar surface area (TPSA) is 9.23 Å². The van der Waals surface area contributed by atoms with Gasteiger partial charge < -0.3 is 4.74 Å². The van der Waals surface area contributed by atoms with Gasteiger partial charge in [0.1, 0.15) is 0 Å². The van der Waals surface area contributed by atoms with E-state index in [4.69, 9.17) is 16.3 Å². The Hall–Kier alpha value is 0.250. The molecule has 0 bridgehead atoms. The zero-order chi connectivity index (χ0) is 7.40. The maximum absolute atomic E-state index is 5.67. The van der Waals surface area contributed by atoms with Gasteiger partial charge in [0.05, 0.1) is 6.10 Å². The van der Waals surface area contributed by atoms with Crippen LogP contribution in [0.1, 0.15) is 26.2 Å².